The third kappa shape index (κ3) is 2.57. The molecule has 1 aliphatic rings. The van der Waals surface area contributed by atoms with E-state index in [1.54, 1.807) is 36.2 Å². The zero-order chi connectivity index (χ0) is 20.1. The number of Topliss-reactive ketones (excluding diaryl/α,β-unsaturated/α-hetero) is 1. The van der Waals surface area contributed by atoms with Crippen LogP contribution in [-0.4, -0.2) is 41.9 Å². The largest absolute Gasteiger partial charge is 0.291 e. The van der Waals surface area contributed by atoms with E-state index in [2.05, 4.69) is 6.07 Å². The number of hydrogen-bond acceptors (Lipinski definition) is 5. The van der Waals surface area contributed by atoms with Crippen LogP contribution in [-0.2, 0) is 23.0 Å². The lowest BCUT2D eigenvalue weighted by molar-refractivity contribution is 0.0689. The average Bonchev–Trinajstić information content (AvgIpc) is 3.00. The summed E-state index contributed by atoms with van der Waals surface area (Å²) in [5.41, 5.74) is 0.692. The van der Waals surface area contributed by atoms with Crippen LogP contribution in [0.15, 0.2) is 54.6 Å². The van der Waals surface area contributed by atoms with Crippen molar-refractivity contribution in [1.29, 1.82) is 5.26 Å². The topological polar surface area (TPSA) is 83.2 Å². The number of fused-ring (bicyclic) bond motifs is 3. The number of nitrogens with zero attached hydrogens (tertiary/aromatic N) is 3. The van der Waals surface area contributed by atoms with E-state index < -0.39 is 15.6 Å². The summed E-state index contributed by atoms with van der Waals surface area (Å²) in [7, 11) is -1.93. The number of hydrogen-bond donors (Lipinski definition) is 0. The van der Waals surface area contributed by atoms with E-state index in [0.29, 0.717) is 22.2 Å². The standard InChI is InChI=1S/C21H19N3O3S/c1-23-13-18-19(16-10-6-7-11-17(16)24(18)28(2,26)27)20(25)21(23,14-22)12-15-8-4-3-5-9-15/h3-11H,12-13H2,1-2H3/t21-/m0/s1. The van der Waals surface area contributed by atoms with Crippen molar-refractivity contribution in [3.63, 3.8) is 0 Å². The lowest BCUT2D eigenvalue weighted by Crippen LogP contribution is -2.56. The minimum atomic E-state index is -3.62. The Morgan fingerprint density at radius 2 is 1.75 bits per heavy atom. The lowest BCUT2D eigenvalue weighted by atomic mass is 9.79. The summed E-state index contributed by atoms with van der Waals surface area (Å²) in [5.74, 6) is -0.360. The van der Waals surface area contributed by atoms with Crippen molar-refractivity contribution in [3.8, 4) is 6.07 Å². The van der Waals surface area contributed by atoms with Crippen molar-refractivity contribution < 1.29 is 13.2 Å². The molecule has 28 heavy (non-hydrogen) atoms. The van der Waals surface area contributed by atoms with Crippen molar-refractivity contribution in [2.24, 2.45) is 0 Å². The van der Waals surface area contributed by atoms with Crippen LogP contribution in [0.2, 0.25) is 0 Å². The number of ketones is 1. The van der Waals surface area contributed by atoms with Crippen LogP contribution in [0.4, 0.5) is 0 Å². The average molecular weight is 393 g/mol. The minimum absolute atomic E-state index is 0.184. The molecule has 0 unspecified atom stereocenters. The van der Waals surface area contributed by atoms with Gasteiger partial charge in [-0.3, -0.25) is 9.69 Å². The summed E-state index contributed by atoms with van der Waals surface area (Å²) in [4.78, 5) is 15.3. The van der Waals surface area contributed by atoms with E-state index in [9.17, 15) is 18.5 Å². The Balaban J connectivity index is 1.99. The molecule has 0 amide bonds. The maximum Gasteiger partial charge on any atom is 0.236 e. The molecule has 0 spiro atoms. The molecular formula is C21H19N3O3S. The Bertz CT molecular complexity index is 1240. The van der Waals surface area contributed by atoms with Gasteiger partial charge in [0.15, 0.2) is 11.3 Å². The Hall–Kier alpha value is -2.95. The van der Waals surface area contributed by atoms with Gasteiger partial charge >= 0.3 is 0 Å². The molecule has 1 atom stereocenters. The second-order valence-corrected chi connectivity index (χ2v) is 9.02. The number of aromatic nitrogens is 1. The first-order valence-electron chi connectivity index (χ1n) is 8.83. The SMILES string of the molecule is CN1Cc2c(c3ccccc3n2S(C)(=O)=O)C(=O)[C@@]1(C#N)Cc1ccccc1. The van der Waals surface area contributed by atoms with Crippen molar-refractivity contribution >= 4 is 26.7 Å². The lowest BCUT2D eigenvalue weighted by Gasteiger charge is -2.38. The molecule has 6 nitrogen and oxygen atoms in total. The minimum Gasteiger partial charge on any atom is -0.291 e. The molecule has 142 valence electrons. The number of carbonyl (C=O) groups excluding carboxylic acids is 1. The van der Waals surface area contributed by atoms with E-state index in [0.717, 1.165) is 11.8 Å². The highest BCUT2D eigenvalue weighted by Crippen LogP contribution is 2.38. The van der Waals surface area contributed by atoms with Crippen LogP contribution in [0, 0.1) is 11.3 Å². The Morgan fingerprint density at radius 1 is 1.11 bits per heavy atom. The summed E-state index contributed by atoms with van der Waals surface area (Å²) in [6, 6.07) is 18.6. The summed E-state index contributed by atoms with van der Waals surface area (Å²) < 4.78 is 26.2. The molecule has 0 saturated heterocycles. The van der Waals surface area contributed by atoms with Crippen LogP contribution >= 0.6 is 0 Å². The number of para-hydroxylation sites is 1. The monoisotopic (exact) mass is 393 g/mol. The first-order chi connectivity index (χ1) is 13.3. The number of likely N-dealkylation sites (N-methyl/N-ethyl adjacent to an activating group) is 1. The van der Waals surface area contributed by atoms with Gasteiger partial charge in [0.25, 0.3) is 0 Å². The quantitative estimate of drug-likeness (QED) is 0.683. The Labute approximate surface area is 163 Å². The summed E-state index contributed by atoms with van der Waals surface area (Å²) >= 11 is 0. The van der Waals surface area contributed by atoms with Gasteiger partial charge < -0.3 is 0 Å². The highest BCUT2D eigenvalue weighted by molar-refractivity contribution is 7.89. The molecular weight excluding hydrogens is 374 g/mol. The second-order valence-electron chi connectivity index (χ2n) is 7.19. The van der Waals surface area contributed by atoms with Crippen molar-refractivity contribution in [3.05, 3.63) is 71.4 Å². The molecule has 2 heterocycles. The van der Waals surface area contributed by atoms with Crippen LogP contribution in [0.1, 0.15) is 21.6 Å². The van der Waals surface area contributed by atoms with Crippen molar-refractivity contribution in [2.75, 3.05) is 13.3 Å². The normalized spacial score (nSPS) is 20.1. The molecule has 1 aromatic heterocycles. The zero-order valence-corrected chi connectivity index (χ0v) is 16.4. The maximum absolute atomic E-state index is 13.7. The van der Waals surface area contributed by atoms with E-state index in [-0.39, 0.29) is 18.7 Å². The summed E-state index contributed by atoms with van der Waals surface area (Å²) in [6.07, 6.45) is 1.36. The fourth-order valence-electron chi connectivity index (χ4n) is 4.06. The van der Waals surface area contributed by atoms with Gasteiger partial charge in [-0.2, -0.15) is 5.26 Å². The molecule has 7 heteroatoms. The van der Waals surface area contributed by atoms with E-state index >= 15 is 0 Å². The first-order valence-corrected chi connectivity index (χ1v) is 10.7. The molecule has 0 radical (unpaired) electrons. The molecule has 4 rings (SSSR count). The predicted octanol–water partition coefficient (Wildman–Crippen LogP) is 2.58. The summed E-state index contributed by atoms with van der Waals surface area (Å²) in [5, 5.41) is 10.6. The van der Waals surface area contributed by atoms with Gasteiger partial charge in [-0.25, -0.2) is 12.4 Å². The van der Waals surface area contributed by atoms with Crippen LogP contribution < -0.4 is 0 Å². The van der Waals surface area contributed by atoms with Gasteiger partial charge in [0.05, 0.1) is 29.1 Å². The molecule has 0 saturated carbocycles. The third-order valence-electron chi connectivity index (χ3n) is 5.39. The van der Waals surface area contributed by atoms with E-state index in [1.807, 2.05) is 30.3 Å². The van der Waals surface area contributed by atoms with Gasteiger partial charge in [-0.1, -0.05) is 48.5 Å². The second kappa shape index (κ2) is 6.30. The van der Waals surface area contributed by atoms with Gasteiger partial charge in [0.2, 0.25) is 10.0 Å². The van der Waals surface area contributed by atoms with Crippen LogP contribution in [0.25, 0.3) is 10.9 Å². The van der Waals surface area contributed by atoms with Crippen molar-refractivity contribution in [1.82, 2.24) is 8.87 Å². The highest BCUT2D eigenvalue weighted by atomic mass is 32.2. The fraction of sp³-hybridized carbons (Fsp3) is 0.238. The molecule has 2 aromatic carbocycles. The van der Waals surface area contributed by atoms with Crippen molar-refractivity contribution in [2.45, 2.75) is 18.5 Å². The van der Waals surface area contributed by atoms with Gasteiger partial charge in [0.1, 0.15) is 0 Å². The van der Waals surface area contributed by atoms with E-state index in [4.69, 9.17) is 0 Å². The first kappa shape index (κ1) is 18.4. The molecule has 0 N–H and O–H groups in total. The van der Waals surface area contributed by atoms with Gasteiger partial charge in [-0.05, 0) is 18.7 Å². The molecule has 0 fully saturated rings. The number of carbonyl (C=O) groups is 1. The van der Waals surface area contributed by atoms with Crippen LogP contribution in [0.3, 0.4) is 0 Å². The number of benzene rings is 2. The Morgan fingerprint density at radius 3 is 2.39 bits per heavy atom. The highest BCUT2D eigenvalue weighted by Gasteiger charge is 2.49. The molecule has 0 aliphatic carbocycles. The number of nitriles is 1. The fourth-order valence-corrected chi connectivity index (χ4v) is 5.13. The Kier molecular flexibility index (Phi) is 4.14. The van der Waals surface area contributed by atoms with Crippen LogP contribution in [0.5, 0.6) is 0 Å². The third-order valence-corrected chi connectivity index (χ3v) is 6.47. The zero-order valence-electron chi connectivity index (χ0n) is 15.6. The predicted molar refractivity (Wildman–Crippen MR) is 106 cm³/mol. The number of rotatable bonds is 3. The molecule has 1 aliphatic heterocycles. The van der Waals surface area contributed by atoms with Gasteiger partial charge in [-0.15, -0.1) is 0 Å². The maximum atomic E-state index is 13.7. The van der Waals surface area contributed by atoms with E-state index in [1.165, 1.54) is 3.97 Å². The van der Waals surface area contributed by atoms with Gasteiger partial charge in [0, 0.05) is 18.4 Å². The molecule has 0 bridgehead atoms. The molecule has 3 aromatic rings. The smallest absolute Gasteiger partial charge is 0.236 e. The summed E-state index contributed by atoms with van der Waals surface area (Å²) in [6.45, 7) is 0.184.